The first-order chi connectivity index (χ1) is 7.59. The summed E-state index contributed by atoms with van der Waals surface area (Å²) in [5.41, 5.74) is 6.17. The minimum Gasteiger partial charge on any atom is -0.397 e. The fraction of sp³-hybridized carbons (Fsp3) is 0.400. The number of nitrogens with two attached hydrogens (primary N) is 1. The second-order valence-electron chi connectivity index (χ2n) is 3.75. The van der Waals surface area contributed by atoms with E-state index in [1.807, 2.05) is 0 Å². The zero-order chi connectivity index (χ0) is 11.7. The second-order valence-corrected chi connectivity index (χ2v) is 4.66. The molecule has 2 rings (SSSR count). The third-order valence-electron chi connectivity index (χ3n) is 2.63. The SMILES string of the molecule is CN1CCN(C(=O)c2sccc2N)CC1=O. The smallest absolute Gasteiger partial charge is 0.266 e. The molecule has 0 atom stereocenters. The maximum atomic E-state index is 12.0. The van der Waals surface area contributed by atoms with E-state index in [0.717, 1.165) is 0 Å². The molecule has 5 nitrogen and oxygen atoms in total. The number of anilines is 1. The Labute approximate surface area is 97.4 Å². The van der Waals surface area contributed by atoms with Crippen molar-refractivity contribution in [2.75, 3.05) is 32.4 Å². The van der Waals surface area contributed by atoms with Crippen LogP contribution in [0.2, 0.25) is 0 Å². The number of hydrogen-bond acceptors (Lipinski definition) is 4. The monoisotopic (exact) mass is 239 g/mol. The van der Waals surface area contributed by atoms with Crippen molar-refractivity contribution in [3.8, 4) is 0 Å². The van der Waals surface area contributed by atoms with Gasteiger partial charge in [0.2, 0.25) is 5.91 Å². The van der Waals surface area contributed by atoms with Gasteiger partial charge in [-0.1, -0.05) is 0 Å². The van der Waals surface area contributed by atoms with Crippen molar-refractivity contribution in [3.05, 3.63) is 16.3 Å². The molecule has 0 spiro atoms. The summed E-state index contributed by atoms with van der Waals surface area (Å²) >= 11 is 1.31. The normalized spacial score (nSPS) is 16.7. The molecule has 6 heteroatoms. The van der Waals surface area contributed by atoms with Gasteiger partial charge in [0.05, 0.1) is 5.69 Å². The number of rotatable bonds is 1. The van der Waals surface area contributed by atoms with E-state index in [-0.39, 0.29) is 18.4 Å². The maximum absolute atomic E-state index is 12.0. The second kappa shape index (κ2) is 4.13. The van der Waals surface area contributed by atoms with Gasteiger partial charge in [0.25, 0.3) is 5.91 Å². The molecule has 1 aromatic heterocycles. The summed E-state index contributed by atoms with van der Waals surface area (Å²) in [6.07, 6.45) is 0. The summed E-state index contributed by atoms with van der Waals surface area (Å²) < 4.78 is 0. The van der Waals surface area contributed by atoms with Crippen molar-refractivity contribution < 1.29 is 9.59 Å². The molecule has 0 saturated carbocycles. The number of carbonyl (C=O) groups is 2. The molecule has 0 aromatic carbocycles. The van der Waals surface area contributed by atoms with E-state index in [9.17, 15) is 9.59 Å². The minimum absolute atomic E-state index is 0.0327. The standard InChI is InChI=1S/C10H13N3O2S/c1-12-3-4-13(6-8(12)14)10(15)9-7(11)2-5-16-9/h2,5H,3-4,6,11H2,1H3. The number of hydrogen-bond donors (Lipinski definition) is 1. The highest BCUT2D eigenvalue weighted by Gasteiger charge is 2.27. The van der Waals surface area contributed by atoms with Crippen LogP contribution in [0, 0.1) is 0 Å². The summed E-state index contributed by atoms with van der Waals surface area (Å²) in [7, 11) is 1.74. The van der Waals surface area contributed by atoms with Crippen molar-refractivity contribution in [1.82, 2.24) is 9.80 Å². The van der Waals surface area contributed by atoms with E-state index in [1.165, 1.54) is 11.3 Å². The first kappa shape index (κ1) is 10.9. The molecule has 1 saturated heterocycles. The highest BCUT2D eigenvalue weighted by Crippen LogP contribution is 2.21. The molecule has 2 heterocycles. The lowest BCUT2D eigenvalue weighted by molar-refractivity contribution is -0.133. The highest BCUT2D eigenvalue weighted by molar-refractivity contribution is 7.12. The number of nitrogen functional groups attached to an aromatic ring is 1. The molecule has 0 radical (unpaired) electrons. The van der Waals surface area contributed by atoms with Gasteiger partial charge >= 0.3 is 0 Å². The Morgan fingerprint density at radius 2 is 2.25 bits per heavy atom. The van der Waals surface area contributed by atoms with Crippen LogP contribution in [0.15, 0.2) is 11.4 Å². The van der Waals surface area contributed by atoms with Crippen LogP contribution in [0.3, 0.4) is 0 Å². The Hall–Kier alpha value is -1.56. The number of carbonyl (C=O) groups excluding carboxylic acids is 2. The van der Waals surface area contributed by atoms with Crippen LogP contribution in [-0.2, 0) is 4.79 Å². The predicted octanol–water partition coefficient (Wildman–Crippen LogP) is 0.245. The zero-order valence-electron chi connectivity index (χ0n) is 8.97. The number of likely N-dealkylation sites (N-methyl/N-ethyl adjacent to an activating group) is 1. The van der Waals surface area contributed by atoms with Crippen molar-refractivity contribution in [3.63, 3.8) is 0 Å². The molecule has 0 unspecified atom stereocenters. The molecule has 1 fully saturated rings. The van der Waals surface area contributed by atoms with Gasteiger partial charge in [-0.2, -0.15) is 0 Å². The van der Waals surface area contributed by atoms with Crippen LogP contribution in [0.25, 0.3) is 0 Å². The van der Waals surface area contributed by atoms with Gasteiger partial charge in [-0.05, 0) is 11.4 Å². The molecule has 2 N–H and O–H groups in total. The first-order valence-electron chi connectivity index (χ1n) is 4.96. The predicted molar refractivity (Wildman–Crippen MR) is 62.3 cm³/mol. The van der Waals surface area contributed by atoms with Crippen LogP contribution < -0.4 is 5.73 Å². The third-order valence-corrected chi connectivity index (χ3v) is 3.55. The Morgan fingerprint density at radius 1 is 1.50 bits per heavy atom. The van der Waals surface area contributed by atoms with Crippen molar-refractivity contribution in [1.29, 1.82) is 0 Å². The fourth-order valence-corrected chi connectivity index (χ4v) is 2.35. The fourth-order valence-electron chi connectivity index (χ4n) is 1.57. The van der Waals surface area contributed by atoms with Gasteiger partial charge < -0.3 is 15.5 Å². The Balaban J connectivity index is 2.12. The minimum atomic E-state index is -0.144. The summed E-state index contributed by atoms with van der Waals surface area (Å²) in [4.78, 5) is 27.2. The summed E-state index contributed by atoms with van der Waals surface area (Å²) in [5, 5.41) is 1.78. The lowest BCUT2D eigenvalue weighted by Gasteiger charge is -2.31. The molecular formula is C10H13N3O2S. The number of thiophene rings is 1. The Bertz CT molecular complexity index is 429. The average molecular weight is 239 g/mol. The van der Waals surface area contributed by atoms with Crippen molar-refractivity contribution in [2.45, 2.75) is 0 Å². The van der Waals surface area contributed by atoms with E-state index in [2.05, 4.69) is 0 Å². The van der Waals surface area contributed by atoms with E-state index >= 15 is 0 Å². The van der Waals surface area contributed by atoms with Crippen LogP contribution >= 0.6 is 11.3 Å². The Morgan fingerprint density at radius 3 is 2.81 bits per heavy atom. The molecule has 2 amide bonds. The quantitative estimate of drug-likeness (QED) is 0.763. The van der Waals surface area contributed by atoms with Gasteiger partial charge in [-0.3, -0.25) is 9.59 Å². The molecule has 16 heavy (non-hydrogen) atoms. The number of nitrogens with zero attached hydrogens (tertiary/aromatic N) is 2. The summed E-state index contributed by atoms with van der Waals surface area (Å²) in [6, 6.07) is 1.70. The molecule has 86 valence electrons. The van der Waals surface area contributed by atoms with Crippen LogP contribution in [0.5, 0.6) is 0 Å². The molecule has 0 bridgehead atoms. The lowest BCUT2D eigenvalue weighted by atomic mass is 10.3. The lowest BCUT2D eigenvalue weighted by Crippen LogP contribution is -2.50. The maximum Gasteiger partial charge on any atom is 0.266 e. The van der Waals surface area contributed by atoms with Crippen molar-refractivity contribution in [2.24, 2.45) is 0 Å². The van der Waals surface area contributed by atoms with Gasteiger partial charge in [0.15, 0.2) is 0 Å². The third kappa shape index (κ3) is 1.88. The van der Waals surface area contributed by atoms with Crippen molar-refractivity contribution >= 4 is 28.8 Å². The molecular weight excluding hydrogens is 226 g/mol. The number of piperazine rings is 1. The van der Waals surface area contributed by atoms with E-state index in [0.29, 0.717) is 23.7 Å². The van der Waals surface area contributed by atoms with Gasteiger partial charge in [0.1, 0.15) is 11.4 Å². The van der Waals surface area contributed by atoms with E-state index in [4.69, 9.17) is 5.73 Å². The van der Waals surface area contributed by atoms with Crippen LogP contribution in [-0.4, -0.2) is 48.3 Å². The molecule has 0 aliphatic carbocycles. The van der Waals surface area contributed by atoms with E-state index in [1.54, 1.807) is 28.3 Å². The van der Waals surface area contributed by atoms with Gasteiger partial charge in [0, 0.05) is 20.1 Å². The van der Waals surface area contributed by atoms with Gasteiger partial charge in [-0.15, -0.1) is 11.3 Å². The van der Waals surface area contributed by atoms with E-state index < -0.39 is 0 Å². The molecule has 1 aromatic rings. The van der Waals surface area contributed by atoms with Crippen LogP contribution in [0.1, 0.15) is 9.67 Å². The van der Waals surface area contributed by atoms with Gasteiger partial charge in [-0.25, -0.2) is 0 Å². The topological polar surface area (TPSA) is 66.6 Å². The first-order valence-corrected chi connectivity index (χ1v) is 5.84. The summed E-state index contributed by atoms with van der Waals surface area (Å²) in [5.74, 6) is -0.177. The average Bonchev–Trinajstić information content (AvgIpc) is 2.67. The zero-order valence-corrected chi connectivity index (χ0v) is 9.79. The number of amides is 2. The Kier molecular flexibility index (Phi) is 2.82. The highest BCUT2D eigenvalue weighted by atomic mass is 32.1. The molecule has 1 aliphatic rings. The summed E-state index contributed by atoms with van der Waals surface area (Å²) in [6.45, 7) is 1.29. The van der Waals surface area contributed by atoms with Crippen LogP contribution in [0.4, 0.5) is 5.69 Å². The largest absolute Gasteiger partial charge is 0.397 e. The molecule has 1 aliphatic heterocycles.